The third-order valence-electron chi connectivity index (χ3n) is 2.72. The molecule has 0 unspecified atom stereocenters. The van der Waals surface area contributed by atoms with Crippen molar-refractivity contribution in [3.05, 3.63) is 45.9 Å². The second kappa shape index (κ2) is 4.10. The minimum absolute atomic E-state index is 0.00407. The van der Waals surface area contributed by atoms with Gasteiger partial charge in [-0.1, -0.05) is 18.2 Å². The number of fused-ring (bicyclic) bond motifs is 1. The maximum atomic E-state index is 11.8. The normalized spacial score (nSPS) is 11.2. The highest BCUT2D eigenvalue weighted by molar-refractivity contribution is 5.85. The van der Waals surface area contributed by atoms with Crippen LogP contribution in [0.25, 0.3) is 10.8 Å². The standard InChI is InChI=1S/C13H16N2O/c1-9-12(8-15(2)3)10-6-4-5-7-11(10)13(16)14-9/h4-7H,8H2,1-3H3,(H,14,16). The van der Waals surface area contributed by atoms with Gasteiger partial charge >= 0.3 is 0 Å². The Labute approximate surface area is 94.7 Å². The topological polar surface area (TPSA) is 36.1 Å². The van der Waals surface area contributed by atoms with Crippen LogP contribution in [0.2, 0.25) is 0 Å². The van der Waals surface area contributed by atoms with Gasteiger partial charge < -0.3 is 9.88 Å². The molecular weight excluding hydrogens is 200 g/mol. The van der Waals surface area contributed by atoms with Crippen LogP contribution in [-0.2, 0) is 6.54 Å². The smallest absolute Gasteiger partial charge is 0.256 e. The molecule has 2 rings (SSSR count). The van der Waals surface area contributed by atoms with Crippen molar-refractivity contribution in [2.45, 2.75) is 13.5 Å². The molecule has 0 saturated heterocycles. The number of aromatic nitrogens is 1. The first-order chi connectivity index (χ1) is 7.59. The predicted octanol–water partition coefficient (Wildman–Crippen LogP) is 1.90. The van der Waals surface area contributed by atoms with E-state index in [1.165, 1.54) is 5.56 Å². The first-order valence-electron chi connectivity index (χ1n) is 5.35. The van der Waals surface area contributed by atoms with E-state index in [2.05, 4.69) is 9.88 Å². The number of aromatic amines is 1. The van der Waals surface area contributed by atoms with Gasteiger partial charge in [0.15, 0.2) is 0 Å². The summed E-state index contributed by atoms with van der Waals surface area (Å²) in [5.41, 5.74) is 2.15. The summed E-state index contributed by atoms with van der Waals surface area (Å²) in [4.78, 5) is 16.8. The van der Waals surface area contributed by atoms with Gasteiger partial charge in [0.2, 0.25) is 0 Å². The summed E-state index contributed by atoms with van der Waals surface area (Å²) in [6.45, 7) is 2.79. The summed E-state index contributed by atoms with van der Waals surface area (Å²) in [5, 5.41) is 1.82. The van der Waals surface area contributed by atoms with E-state index in [0.717, 1.165) is 23.0 Å². The van der Waals surface area contributed by atoms with Crippen molar-refractivity contribution < 1.29 is 0 Å². The Morgan fingerprint density at radius 3 is 2.44 bits per heavy atom. The highest BCUT2D eigenvalue weighted by atomic mass is 16.1. The Balaban J connectivity index is 2.76. The molecule has 0 aliphatic heterocycles. The average molecular weight is 216 g/mol. The van der Waals surface area contributed by atoms with Crippen LogP contribution < -0.4 is 5.56 Å². The van der Waals surface area contributed by atoms with Gasteiger partial charge in [-0.15, -0.1) is 0 Å². The summed E-state index contributed by atoms with van der Waals surface area (Å²) in [5.74, 6) is 0. The van der Waals surface area contributed by atoms with Crippen molar-refractivity contribution in [3.63, 3.8) is 0 Å². The van der Waals surface area contributed by atoms with E-state index in [-0.39, 0.29) is 5.56 Å². The van der Waals surface area contributed by atoms with Gasteiger partial charge in [0.25, 0.3) is 5.56 Å². The number of benzene rings is 1. The third-order valence-corrected chi connectivity index (χ3v) is 2.72. The maximum absolute atomic E-state index is 11.8. The van der Waals surface area contributed by atoms with E-state index in [0.29, 0.717) is 0 Å². The molecule has 1 aromatic heterocycles. The van der Waals surface area contributed by atoms with E-state index in [9.17, 15) is 4.79 Å². The minimum Gasteiger partial charge on any atom is -0.326 e. The Bertz CT molecular complexity index is 570. The number of nitrogens with zero attached hydrogens (tertiary/aromatic N) is 1. The van der Waals surface area contributed by atoms with Crippen LogP contribution >= 0.6 is 0 Å². The fourth-order valence-electron chi connectivity index (χ4n) is 1.98. The molecule has 0 saturated carbocycles. The molecule has 1 N–H and O–H groups in total. The van der Waals surface area contributed by atoms with Gasteiger partial charge in [0.05, 0.1) is 0 Å². The van der Waals surface area contributed by atoms with Crippen LogP contribution in [0.1, 0.15) is 11.3 Å². The molecule has 0 radical (unpaired) electrons. The van der Waals surface area contributed by atoms with Crippen LogP contribution in [0.15, 0.2) is 29.1 Å². The minimum atomic E-state index is -0.00407. The lowest BCUT2D eigenvalue weighted by Gasteiger charge is -2.14. The highest BCUT2D eigenvalue weighted by Gasteiger charge is 2.08. The molecule has 3 heteroatoms. The molecule has 0 amide bonds. The molecule has 1 aromatic carbocycles. The molecule has 2 aromatic rings. The molecule has 0 spiro atoms. The number of hydrogen-bond donors (Lipinski definition) is 1. The molecule has 0 atom stereocenters. The molecule has 0 aliphatic rings. The zero-order chi connectivity index (χ0) is 11.7. The third kappa shape index (κ3) is 1.86. The van der Waals surface area contributed by atoms with E-state index in [4.69, 9.17) is 0 Å². The summed E-state index contributed by atoms with van der Waals surface area (Å²) in [7, 11) is 4.05. The maximum Gasteiger partial charge on any atom is 0.256 e. The van der Waals surface area contributed by atoms with Crippen LogP contribution in [0.4, 0.5) is 0 Å². The van der Waals surface area contributed by atoms with Crippen molar-refractivity contribution >= 4 is 10.8 Å². The van der Waals surface area contributed by atoms with Gasteiger partial charge in [-0.05, 0) is 38.0 Å². The average Bonchev–Trinajstić information content (AvgIpc) is 2.24. The predicted molar refractivity (Wildman–Crippen MR) is 66.7 cm³/mol. The quantitative estimate of drug-likeness (QED) is 0.832. The highest BCUT2D eigenvalue weighted by Crippen LogP contribution is 2.18. The SMILES string of the molecule is Cc1[nH]c(=O)c2ccccc2c1CN(C)C. The molecule has 0 aliphatic carbocycles. The number of pyridine rings is 1. The lowest BCUT2D eigenvalue weighted by molar-refractivity contribution is 0.402. The zero-order valence-corrected chi connectivity index (χ0v) is 9.87. The fourth-order valence-corrected chi connectivity index (χ4v) is 1.98. The molecule has 84 valence electrons. The molecule has 0 bridgehead atoms. The first-order valence-corrected chi connectivity index (χ1v) is 5.35. The van der Waals surface area contributed by atoms with Crippen LogP contribution in [0.5, 0.6) is 0 Å². The van der Waals surface area contributed by atoms with Gasteiger partial charge in [-0.2, -0.15) is 0 Å². The Morgan fingerprint density at radius 2 is 1.81 bits per heavy atom. The van der Waals surface area contributed by atoms with Crippen molar-refractivity contribution in [1.82, 2.24) is 9.88 Å². The number of aryl methyl sites for hydroxylation is 1. The summed E-state index contributed by atoms with van der Waals surface area (Å²) < 4.78 is 0. The molecule has 16 heavy (non-hydrogen) atoms. The lowest BCUT2D eigenvalue weighted by atomic mass is 10.0. The molecule has 0 fully saturated rings. The molecule has 1 heterocycles. The lowest BCUT2D eigenvalue weighted by Crippen LogP contribution is -2.16. The van der Waals surface area contributed by atoms with E-state index in [1.807, 2.05) is 45.3 Å². The second-order valence-electron chi connectivity index (χ2n) is 4.34. The summed E-state index contributed by atoms with van der Waals surface area (Å²) in [6.07, 6.45) is 0. The fraction of sp³-hybridized carbons (Fsp3) is 0.308. The van der Waals surface area contributed by atoms with Gasteiger partial charge in [0, 0.05) is 17.6 Å². The number of rotatable bonds is 2. The van der Waals surface area contributed by atoms with Crippen molar-refractivity contribution in [3.8, 4) is 0 Å². The number of hydrogen-bond acceptors (Lipinski definition) is 2. The van der Waals surface area contributed by atoms with Gasteiger partial charge in [0.1, 0.15) is 0 Å². The molecular formula is C13H16N2O. The van der Waals surface area contributed by atoms with Gasteiger partial charge in [-0.3, -0.25) is 4.79 Å². The van der Waals surface area contributed by atoms with Crippen LogP contribution in [0.3, 0.4) is 0 Å². The largest absolute Gasteiger partial charge is 0.326 e. The van der Waals surface area contributed by atoms with Crippen LogP contribution in [0, 0.1) is 6.92 Å². The molecule has 3 nitrogen and oxygen atoms in total. The zero-order valence-electron chi connectivity index (χ0n) is 9.87. The van der Waals surface area contributed by atoms with Crippen molar-refractivity contribution in [2.24, 2.45) is 0 Å². The summed E-state index contributed by atoms with van der Waals surface area (Å²) >= 11 is 0. The van der Waals surface area contributed by atoms with Crippen molar-refractivity contribution in [2.75, 3.05) is 14.1 Å². The van der Waals surface area contributed by atoms with E-state index < -0.39 is 0 Å². The second-order valence-corrected chi connectivity index (χ2v) is 4.34. The van der Waals surface area contributed by atoms with E-state index in [1.54, 1.807) is 0 Å². The van der Waals surface area contributed by atoms with E-state index >= 15 is 0 Å². The number of H-pyrrole nitrogens is 1. The van der Waals surface area contributed by atoms with Gasteiger partial charge in [-0.25, -0.2) is 0 Å². The monoisotopic (exact) mass is 216 g/mol. The summed E-state index contributed by atoms with van der Waals surface area (Å²) in [6, 6.07) is 7.75. The van der Waals surface area contributed by atoms with Crippen molar-refractivity contribution in [1.29, 1.82) is 0 Å². The number of nitrogens with one attached hydrogen (secondary N) is 1. The van der Waals surface area contributed by atoms with Crippen LogP contribution in [-0.4, -0.2) is 24.0 Å². The first kappa shape index (κ1) is 10.9. The Morgan fingerprint density at radius 1 is 1.19 bits per heavy atom. The Hall–Kier alpha value is -1.61. The Kier molecular flexibility index (Phi) is 2.79.